The molecule has 1 atom stereocenters. The third kappa shape index (κ3) is 2.59. The number of rotatable bonds is 4. The van der Waals surface area contributed by atoms with E-state index in [1.807, 2.05) is 6.92 Å². The molecule has 0 saturated heterocycles. The number of hydrogen-bond donors (Lipinski definition) is 1. The van der Waals surface area contributed by atoms with Crippen LogP contribution in [0.5, 0.6) is 0 Å². The molecule has 2 nitrogen and oxygen atoms in total. The van der Waals surface area contributed by atoms with Gasteiger partial charge in [-0.25, -0.2) is 8.78 Å². The van der Waals surface area contributed by atoms with E-state index >= 15 is 0 Å². The highest BCUT2D eigenvalue weighted by Crippen LogP contribution is 2.24. The molecule has 0 bridgehead atoms. The fraction of sp³-hybridized carbons (Fsp3) is 0.364. The van der Waals surface area contributed by atoms with Crippen molar-refractivity contribution in [1.29, 1.82) is 0 Å². The second-order valence-electron chi connectivity index (χ2n) is 3.49. The number of aldehydes is 1. The predicted molar refractivity (Wildman–Crippen MR) is 53.8 cm³/mol. The van der Waals surface area contributed by atoms with E-state index in [0.29, 0.717) is 24.8 Å². The zero-order valence-corrected chi connectivity index (χ0v) is 8.47. The van der Waals surface area contributed by atoms with Crippen molar-refractivity contribution < 1.29 is 13.6 Å². The van der Waals surface area contributed by atoms with Gasteiger partial charge in [-0.2, -0.15) is 0 Å². The van der Waals surface area contributed by atoms with Crippen molar-refractivity contribution in [3.8, 4) is 0 Å². The zero-order chi connectivity index (χ0) is 11.4. The minimum atomic E-state index is -0.999. The average molecular weight is 213 g/mol. The van der Waals surface area contributed by atoms with Crippen molar-refractivity contribution in [2.45, 2.75) is 19.3 Å². The summed E-state index contributed by atoms with van der Waals surface area (Å²) in [4.78, 5) is 10.7. The van der Waals surface area contributed by atoms with Gasteiger partial charge in [0, 0.05) is 5.56 Å². The van der Waals surface area contributed by atoms with E-state index in [9.17, 15) is 13.6 Å². The van der Waals surface area contributed by atoms with Crippen molar-refractivity contribution >= 4 is 6.29 Å². The number of nitrogens with two attached hydrogens (primary N) is 1. The van der Waals surface area contributed by atoms with Crippen molar-refractivity contribution in [3.63, 3.8) is 0 Å². The van der Waals surface area contributed by atoms with Crippen molar-refractivity contribution in [1.82, 2.24) is 0 Å². The van der Waals surface area contributed by atoms with Crippen LogP contribution in [0, 0.1) is 11.6 Å². The molecule has 82 valence electrons. The van der Waals surface area contributed by atoms with Gasteiger partial charge in [0.2, 0.25) is 0 Å². The zero-order valence-electron chi connectivity index (χ0n) is 8.47. The first-order valence-corrected chi connectivity index (χ1v) is 4.74. The van der Waals surface area contributed by atoms with Crippen LogP contribution >= 0.6 is 0 Å². The fourth-order valence-corrected chi connectivity index (χ4v) is 1.51. The van der Waals surface area contributed by atoms with Crippen molar-refractivity contribution in [2.24, 2.45) is 5.73 Å². The highest BCUT2D eigenvalue weighted by Gasteiger charge is 2.14. The average Bonchev–Trinajstić information content (AvgIpc) is 2.21. The second kappa shape index (κ2) is 4.98. The van der Waals surface area contributed by atoms with Crippen LogP contribution in [0.4, 0.5) is 8.78 Å². The summed E-state index contributed by atoms with van der Waals surface area (Å²) in [5.74, 6) is -1.98. The molecule has 0 fully saturated rings. The summed E-state index contributed by atoms with van der Waals surface area (Å²) >= 11 is 0. The molecule has 0 saturated carbocycles. The van der Waals surface area contributed by atoms with Crippen LogP contribution in [0.3, 0.4) is 0 Å². The van der Waals surface area contributed by atoms with Crippen LogP contribution in [0.15, 0.2) is 12.1 Å². The van der Waals surface area contributed by atoms with Crippen LogP contribution in [-0.2, 0) is 0 Å². The number of hydrogen-bond acceptors (Lipinski definition) is 2. The molecule has 0 aliphatic carbocycles. The molecule has 1 rings (SSSR count). The summed E-state index contributed by atoms with van der Waals surface area (Å²) in [5, 5.41) is 0. The maximum Gasteiger partial charge on any atom is 0.159 e. The van der Waals surface area contributed by atoms with E-state index in [-0.39, 0.29) is 11.5 Å². The maximum atomic E-state index is 13.0. The van der Waals surface area contributed by atoms with Gasteiger partial charge in [-0.05, 0) is 36.6 Å². The Morgan fingerprint density at radius 1 is 1.40 bits per heavy atom. The lowest BCUT2D eigenvalue weighted by Gasteiger charge is -2.13. The van der Waals surface area contributed by atoms with Crippen LogP contribution in [0.1, 0.15) is 35.2 Å². The SMILES string of the molecule is CC(CCN)c1cc(F)c(F)cc1C=O. The number of benzene rings is 1. The number of carbonyl (C=O) groups is 1. The lowest BCUT2D eigenvalue weighted by atomic mass is 9.93. The molecular weight excluding hydrogens is 200 g/mol. The van der Waals surface area contributed by atoms with E-state index in [1.165, 1.54) is 0 Å². The van der Waals surface area contributed by atoms with Gasteiger partial charge in [0.1, 0.15) is 6.29 Å². The second-order valence-corrected chi connectivity index (χ2v) is 3.49. The number of halogens is 2. The monoisotopic (exact) mass is 213 g/mol. The lowest BCUT2D eigenvalue weighted by molar-refractivity contribution is 0.112. The Morgan fingerprint density at radius 3 is 2.53 bits per heavy atom. The summed E-state index contributed by atoms with van der Waals surface area (Å²) < 4.78 is 25.8. The normalized spacial score (nSPS) is 12.5. The molecule has 2 N–H and O–H groups in total. The Morgan fingerprint density at radius 2 is 2.00 bits per heavy atom. The first-order valence-electron chi connectivity index (χ1n) is 4.74. The van der Waals surface area contributed by atoms with Gasteiger partial charge in [0.15, 0.2) is 11.6 Å². The summed E-state index contributed by atoms with van der Waals surface area (Å²) in [6.07, 6.45) is 1.16. The van der Waals surface area contributed by atoms with Crippen LogP contribution in [0.25, 0.3) is 0 Å². The summed E-state index contributed by atoms with van der Waals surface area (Å²) in [6.45, 7) is 2.27. The van der Waals surface area contributed by atoms with Gasteiger partial charge >= 0.3 is 0 Å². The lowest BCUT2D eigenvalue weighted by Crippen LogP contribution is -2.07. The molecule has 15 heavy (non-hydrogen) atoms. The Labute approximate surface area is 87.1 Å². The van der Waals surface area contributed by atoms with E-state index in [1.54, 1.807) is 0 Å². The molecule has 0 radical (unpaired) electrons. The van der Waals surface area contributed by atoms with Crippen LogP contribution in [0.2, 0.25) is 0 Å². The largest absolute Gasteiger partial charge is 0.330 e. The predicted octanol–water partition coefficient (Wildman–Crippen LogP) is 2.23. The maximum absolute atomic E-state index is 13.0. The van der Waals surface area contributed by atoms with E-state index in [2.05, 4.69) is 0 Å². The molecule has 0 spiro atoms. The smallest absolute Gasteiger partial charge is 0.159 e. The van der Waals surface area contributed by atoms with Crippen molar-refractivity contribution in [2.75, 3.05) is 6.54 Å². The van der Waals surface area contributed by atoms with Crippen LogP contribution in [-0.4, -0.2) is 12.8 Å². The minimum Gasteiger partial charge on any atom is -0.330 e. The Hall–Kier alpha value is -1.29. The summed E-state index contributed by atoms with van der Waals surface area (Å²) in [5.41, 5.74) is 6.07. The molecule has 0 amide bonds. The topological polar surface area (TPSA) is 43.1 Å². The highest BCUT2D eigenvalue weighted by molar-refractivity contribution is 5.77. The van der Waals surface area contributed by atoms with Gasteiger partial charge in [0.25, 0.3) is 0 Å². The van der Waals surface area contributed by atoms with Crippen molar-refractivity contribution in [3.05, 3.63) is 34.9 Å². The van der Waals surface area contributed by atoms with E-state index in [4.69, 9.17) is 5.73 Å². The summed E-state index contributed by atoms with van der Waals surface area (Å²) in [7, 11) is 0. The molecule has 4 heteroatoms. The van der Waals surface area contributed by atoms with Gasteiger partial charge in [-0.3, -0.25) is 4.79 Å². The Kier molecular flexibility index (Phi) is 3.91. The first-order chi connectivity index (χ1) is 7.10. The standard InChI is InChI=1S/C11H13F2NO/c1-7(2-3-14)9-5-11(13)10(12)4-8(9)6-15/h4-7H,2-3,14H2,1H3. The van der Waals surface area contributed by atoms with Crippen LogP contribution < -0.4 is 5.73 Å². The Balaban J connectivity index is 3.15. The quantitative estimate of drug-likeness (QED) is 0.779. The molecule has 0 heterocycles. The molecule has 1 aromatic carbocycles. The van der Waals surface area contributed by atoms with E-state index < -0.39 is 11.6 Å². The first kappa shape index (κ1) is 11.8. The molecule has 0 aromatic heterocycles. The summed E-state index contributed by atoms with van der Waals surface area (Å²) in [6, 6.07) is 1.99. The van der Waals surface area contributed by atoms with Gasteiger partial charge in [-0.15, -0.1) is 0 Å². The number of carbonyl (C=O) groups excluding carboxylic acids is 1. The molecule has 0 aliphatic heterocycles. The fourth-order valence-electron chi connectivity index (χ4n) is 1.51. The van der Waals surface area contributed by atoms with Gasteiger partial charge in [-0.1, -0.05) is 6.92 Å². The Bertz CT molecular complexity index is 366. The van der Waals surface area contributed by atoms with Gasteiger partial charge in [0.05, 0.1) is 0 Å². The molecule has 0 aliphatic rings. The highest BCUT2D eigenvalue weighted by atomic mass is 19.2. The van der Waals surface area contributed by atoms with E-state index in [0.717, 1.165) is 12.1 Å². The molecule has 1 unspecified atom stereocenters. The molecule has 1 aromatic rings. The van der Waals surface area contributed by atoms with Gasteiger partial charge < -0.3 is 5.73 Å². The molecular formula is C11H13F2NO. The third-order valence-corrected chi connectivity index (χ3v) is 2.38. The third-order valence-electron chi connectivity index (χ3n) is 2.38. The minimum absolute atomic E-state index is 0.0506.